The van der Waals surface area contributed by atoms with Crippen molar-refractivity contribution in [3.05, 3.63) is 0 Å². The zero-order valence-electron chi connectivity index (χ0n) is 13.7. The number of halogens is 1. The molecule has 0 aliphatic heterocycles. The second-order valence-corrected chi connectivity index (χ2v) is 10.1. The third kappa shape index (κ3) is 2.93. The van der Waals surface area contributed by atoms with Gasteiger partial charge in [0.05, 0.1) is 7.11 Å². The van der Waals surface area contributed by atoms with E-state index in [1.54, 1.807) is 13.8 Å². The fourth-order valence-electron chi connectivity index (χ4n) is 5.58. The summed E-state index contributed by atoms with van der Waals surface area (Å²) in [5, 5.41) is 2.87. The molecule has 4 fully saturated rings. The molecule has 22 heavy (non-hydrogen) atoms. The molecule has 4 rings (SSSR count). The average molecular weight is 372 g/mol. The molecule has 0 unspecified atom stereocenters. The molecule has 0 aromatic carbocycles. The van der Waals surface area contributed by atoms with E-state index in [4.69, 9.17) is 4.74 Å². The van der Waals surface area contributed by atoms with Crippen LogP contribution in [0.1, 0.15) is 58.8 Å². The molecule has 2 atom stereocenters. The molecule has 0 aromatic rings. The van der Waals surface area contributed by atoms with Gasteiger partial charge in [-0.25, -0.2) is 4.79 Å². The Hall–Kier alpha value is -0.580. The van der Waals surface area contributed by atoms with Crippen LogP contribution in [0.15, 0.2) is 0 Å². The highest BCUT2D eigenvalue weighted by atomic mass is 79.9. The Kier molecular flexibility index (Phi) is 3.86. The summed E-state index contributed by atoms with van der Waals surface area (Å²) in [5.74, 6) is 1.11. The molecular formula is C17H26BrNO3. The molecule has 4 bridgehead atoms. The van der Waals surface area contributed by atoms with E-state index < -0.39 is 11.5 Å². The molecule has 0 saturated heterocycles. The molecule has 0 radical (unpaired) electrons. The van der Waals surface area contributed by atoms with Crippen LogP contribution in [-0.4, -0.2) is 28.8 Å². The van der Waals surface area contributed by atoms with Crippen molar-refractivity contribution in [2.45, 2.75) is 68.7 Å². The van der Waals surface area contributed by atoms with Gasteiger partial charge in [0.2, 0.25) is 5.91 Å². The number of ether oxygens (including phenoxy) is 1. The van der Waals surface area contributed by atoms with Gasteiger partial charge in [0, 0.05) is 10.7 Å². The number of hydrogen-bond donors (Lipinski definition) is 1. The zero-order chi connectivity index (χ0) is 16.2. The topological polar surface area (TPSA) is 55.4 Å². The Balaban J connectivity index is 1.68. The lowest BCUT2D eigenvalue weighted by Gasteiger charge is -2.60. The Morgan fingerprint density at radius 1 is 1.23 bits per heavy atom. The van der Waals surface area contributed by atoms with Crippen LogP contribution < -0.4 is 5.32 Å². The van der Waals surface area contributed by atoms with Crippen LogP contribution in [0.4, 0.5) is 0 Å². The second-order valence-electron chi connectivity index (χ2n) is 8.45. The summed E-state index contributed by atoms with van der Waals surface area (Å²) < 4.78 is 5.02. The van der Waals surface area contributed by atoms with Crippen LogP contribution in [0.25, 0.3) is 0 Å². The van der Waals surface area contributed by atoms with Crippen molar-refractivity contribution in [2.24, 2.45) is 17.3 Å². The maximum absolute atomic E-state index is 12.5. The third-order valence-corrected chi connectivity index (χ3v) is 6.72. The summed E-state index contributed by atoms with van der Waals surface area (Å²) in [7, 11) is 1.35. The van der Waals surface area contributed by atoms with Crippen molar-refractivity contribution in [1.82, 2.24) is 5.32 Å². The highest BCUT2D eigenvalue weighted by Gasteiger charge is 2.57. The lowest BCUT2D eigenvalue weighted by Crippen LogP contribution is -2.56. The van der Waals surface area contributed by atoms with Gasteiger partial charge in [0.25, 0.3) is 0 Å². The van der Waals surface area contributed by atoms with Crippen molar-refractivity contribution in [1.29, 1.82) is 0 Å². The Bertz CT molecular complexity index is 488. The van der Waals surface area contributed by atoms with Gasteiger partial charge in [0.15, 0.2) is 0 Å². The first-order chi connectivity index (χ1) is 10.2. The Labute approximate surface area is 140 Å². The number of alkyl halides is 1. The predicted molar refractivity (Wildman–Crippen MR) is 87.6 cm³/mol. The van der Waals surface area contributed by atoms with Crippen LogP contribution >= 0.6 is 15.9 Å². The number of carbonyl (C=O) groups excluding carboxylic acids is 2. The van der Waals surface area contributed by atoms with Gasteiger partial charge in [-0.2, -0.15) is 0 Å². The monoisotopic (exact) mass is 371 g/mol. The lowest BCUT2D eigenvalue weighted by atomic mass is 9.48. The number of nitrogens with one attached hydrogen (secondary N) is 1. The quantitative estimate of drug-likeness (QED) is 0.609. The van der Waals surface area contributed by atoms with Gasteiger partial charge in [-0.15, -0.1) is 0 Å². The van der Waals surface area contributed by atoms with Crippen molar-refractivity contribution >= 4 is 27.8 Å². The fraction of sp³-hybridized carbons (Fsp3) is 0.882. The molecule has 0 aromatic heterocycles. The van der Waals surface area contributed by atoms with E-state index in [-0.39, 0.29) is 15.6 Å². The van der Waals surface area contributed by atoms with Crippen LogP contribution in [0.5, 0.6) is 0 Å². The van der Waals surface area contributed by atoms with E-state index in [2.05, 4.69) is 21.2 Å². The van der Waals surface area contributed by atoms with Gasteiger partial charge < -0.3 is 10.1 Å². The van der Waals surface area contributed by atoms with Crippen LogP contribution in [0.2, 0.25) is 0 Å². The molecule has 4 nitrogen and oxygen atoms in total. The summed E-state index contributed by atoms with van der Waals surface area (Å²) in [6.45, 7) is 3.39. The minimum atomic E-state index is -0.958. The molecule has 0 spiro atoms. The number of esters is 1. The van der Waals surface area contributed by atoms with E-state index >= 15 is 0 Å². The molecule has 1 amide bonds. The highest BCUT2D eigenvalue weighted by molar-refractivity contribution is 9.10. The van der Waals surface area contributed by atoms with Crippen molar-refractivity contribution < 1.29 is 14.3 Å². The molecule has 4 saturated carbocycles. The molecule has 4 aliphatic carbocycles. The minimum Gasteiger partial charge on any atom is -0.467 e. The molecular weight excluding hydrogens is 346 g/mol. The van der Waals surface area contributed by atoms with Gasteiger partial charge in [-0.3, -0.25) is 4.79 Å². The maximum atomic E-state index is 12.5. The molecule has 1 N–H and O–H groups in total. The number of amides is 1. The first-order valence-corrected chi connectivity index (χ1v) is 9.03. The van der Waals surface area contributed by atoms with E-state index in [0.717, 1.165) is 18.3 Å². The van der Waals surface area contributed by atoms with Crippen LogP contribution in [0.3, 0.4) is 0 Å². The number of carbonyl (C=O) groups is 2. The molecule has 0 heterocycles. The summed E-state index contributed by atoms with van der Waals surface area (Å²) in [6.07, 6.45) is 7.84. The second kappa shape index (κ2) is 5.22. The largest absolute Gasteiger partial charge is 0.467 e. The van der Waals surface area contributed by atoms with Gasteiger partial charge >= 0.3 is 5.97 Å². The lowest BCUT2D eigenvalue weighted by molar-refractivity contribution is -0.150. The standard InChI is InChI=1S/C17H26BrNO3/c1-15(2,14(21)22-3)19-13(20)9-16-5-11-4-12(6-16)8-17(18,7-11)10-16/h11-12H,4-10H2,1-3H3,(H,19,20)/t11-,12-,16?,17?/m1/s1. The number of rotatable bonds is 4. The summed E-state index contributed by atoms with van der Waals surface area (Å²) in [4.78, 5) is 24.3. The predicted octanol–water partition coefficient (Wildman–Crippen LogP) is 3.18. The van der Waals surface area contributed by atoms with E-state index in [1.165, 1.54) is 39.2 Å². The molecule has 124 valence electrons. The first kappa shape index (κ1) is 16.3. The summed E-state index contributed by atoms with van der Waals surface area (Å²) in [5.41, 5.74) is -0.829. The van der Waals surface area contributed by atoms with Crippen LogP contribution in [-0.2, 0) is 14.3 Å². The van der Waals surface area contributed by atoms with Crippen molar-refractivity contribution in [3.8, 4) is 0 Å². The van der Waals surface area contributed by atoms with Crippen molar-refractivity contribution in [3.63, 3.8) is 0 Å². The average Bonchev–Trinajstić information content (AvgIpc) is 2.32. The summed E-state index contributed by atoms with van der Waals surface area (Å²) >= 11 is 3.97. The Morgan fingerprint density at radius 2 is 1.82 bits per heavy atom. The van der Waals surface area contributed by atoms with Gasteiger partial charge in [0.1, 0.15) is 5.54 Å². The van der Waals surface area contributed by atoms with Gasteiger partial charge in [-0.1, -0.05) is 15.9 Å². The number of methoxy groups -OCH3 is 1. The normalized spacial score (nSPS) is 39.6. The fourth-order valence-corrected chi connectivity index (χ4v) is 7.09. The minimum absolute atomic E-state index is 0.0200. The zero-order valence-corrected chi connectivity index (χ0v) is 15.3. The van der Waals surface area contributed by atoms with E-state index in [1.807, 2.05) is 0 Å². The van der Waals surface area contributed by atoms with E-state index in [9.17, 15) is 9.59 Å². The van der Waals surface area contributed by atoms with E-state index in [0.29, 0.717) is 6.42 Å². The molecule has 5 heteroatoms. The highest BCUT2D eigenvalue weighted by Crippen LogP contribution is 2.65. The SMILES string of the molecule is COC(=O)C(C)(C)NC(=O)CC12C[C@H]3C[C@@H](CC(Br)(C3)C1)C2. The van der Waals surface area contributed by atoms with Crippen molar-refractivity contribution in [2.75, 3.05) is 7.11 Å². The molecule has 4 aliphatic rings. The summed E-state index contributed by atoms with van der Waals surface area (Å²) in [6, 6.07) is 0. The number of hydrogen-bond acceptors (Lipinski definition) is 3. The van der Waals surface area contributed by atoms with Gasteiger partial charge in [-0.05, 0) is 69.6 Å². The smallest absolute Gasteiger partial charge is 0.330 e. The van der Waals surface area contributed by atoms with Crippen LogP contribution in [0, 0.1) is 17.3 Å². The maximum Gasteiger partial charge on any atom is 0.330 e. The Morgan fingerprint density at radius 3 is 2.32 bits per heavy atom. The first-order valence-electron chi connectivity index (χ1n) is 8.24. The third-order valence-electron chi connectivity index (χ3n) is 5.79.